The van der Waals surface area contributed by atoms with E-state index < -0.39 is 10.0 Å². The Morgan fingerprint density at radius 1 is 1.09 bits per heavy atom. The van der Waals surface area contributed by atoms with Gasteiger partial charge >= 0.3 is 0 Å². The molecule has 4 heteroatoms. The summed E-state index contributed by atoms with van der Waals surface area (Å²) >= 11 is 0. The fourth-order valence-corrected chi connectivity index (χ4v) is 4.89. The zero-order valence-corrected chi connectivity index (χ0v) is 15.7. The predicted octanol–water partition coefficient (Wildman–Crippen LogP) is 4.59. The van der Waals surface area contributed by atoms with Gasteiger partial charge in [-0.25, -0.2) is 8.42 Å². The Bertz CT molecular complexity index is 804. The lowest BCUT2D eigenvalue weighted by molar-refractivity contribution is 0.198. The van der Waals surface area contributed by atoms with Gasteiger partial charge in [-0.3, -0.25) is 0 Å². The largest absolute Gasteiger partial charge is 0.243 e. The van der Waals surface area contributed by atoms with Gasteiger partial charge in [0.15, 0.2) is 0 Å². The van der Waals surface area contributed by atoms with Crippen molar-refractivity contribution in [3.8, 4) is 0 Å². The summed E-state index contributed by atoms with van der Waals surface area (Å²) in [6.07, 6.45) is 0. The lowest BCUT2D eigenvalue weighted by Crippen LogP contribution is -2.45. The molecule has 0 aliphatic rings. The van der Waals surface area contributed by atoms with Crippen LogP contribution in [0, 0.1) is 12.3 Å². The van der Waals surface area contributed by atoms with Crippen LogP contribution in [0.2, 0.25) is 0 Å². The van der Waals surface area contributed by atoms with Gasteiger partial charge in [-0.15, -0.1) is 0 Å². The maximum atomic E-state index is 13.2. The molecular weight excluding hydrogens is 306 g/mol. The maximum absolute atomic E-state index is 13.2. The van der Waals surface area contributed by atoms with Crippen LogP contribution < -0.4 is 0 Å². The van der Waals surface area contributed by atoms with E-state index in [1.807, 2.05) is 51.1 Å². The number of hydrogen-bond acceptors (Lipinski definition) is 2. The molecule has 0 saturated heterocycles. The van der Waals surface area contributed by atoms with Crippen molar-refractivity contribution in [1.82, 2.24) is 4.31 Å². The van der Waals surface area contributed by atoms with Crippen LogP contribution in [0.5, 0.6) is 0 Å². The molecule has 0 fully saturated rings. The van der Waals surface area contributed by atoms with Gasteiger partial charge in [0.1, 0.15) is 0 Å². The zero-order valence-electron chi connectivity index (χ0n) is 14.9. The summed E-state index contributed by atoms with van der Waals surface area (Å²) in [5, 5.41) is 2.02. The van der Waals surface area contributed by atoms with Crippen LogP contribution in [-0.4, -0.2) is 25.3 Å². The molecular formula is C19H27NO2S. The average Bonchev–Trinajstić information content (AvgIpc) is 2.45. The summed E-state index contributed by atoms with van der Waals surface area (Å²) in [5.41, 5.74) is 0.677. The highest BCUT2D eigenvalue weighted by Gasteiger charge is 2.35. The number of aryl methyl sites for hydroxylation is 1. The molecule has 0 radical (unpaired) electrons. The molecule has 126 valence electrons. The van der Waals surface area contributed by atoms with Crippen molar-refractivity contribution in [2.45, 2.75) is 52.5 Å². The van der Waals surface area contributed by atoms with E-state index in [2.05, 4.69) is 20.8 Å². The smallest absolute Gasteiger partial charge is 0.207 e. The number of benzene rings is 2. The zero-order chi connectivity index (χ0) is 17.4. The van der Waals surface area contributed by atoms with Crippen LogP contribution in [0.4, 0.5) is 0 Å². The van der Waals surface area contributed by atoms with Crippen molar-refractivity contribution in [2.24, 2.45) is 5.41 Å². The summed E-state index contributed by atoms with van der Waals surface area (Å²) in [6.45, 7) is 12.4. The minimum absolute atomic E-state index is 0.0802. The Morgan fingerprint density at radius 2 is 1.61 bits per heavy atom. The van der Waals surface area contributed by atoms with E-state index in [1.54, 1.807) is 10.4 Å². The van der Waals surface area contributed by atoms with Gasteiger partial charge < -0.3 is 0 Å². The van der Waals surface area contributed by atoms with Crippen LogP contribution in [0.15, 0.2) is 41.3 Å². The van der Waals surface area contributed by atoms with Crippen molar-refractivity contribution < 1.29 is 8.42 Å². The van der Waals surface area contributed by atoms with Crippen molar-refractivity contribution in [3.63, 3.8) is 0 Å². The van der Waals surface area contributed by atoms with Crippen LogP contribution >= 0.6 is 0 Å². The second-order valence-corrected chi connectivity index (χ2v) is 9.07. The molecule has 0 aliphatic carbocycles. The van der Waals surface area contributed by atoms with E-state index >= 15 is 0 Å². The second kappa shape index (κ2) is 6.25. The first-order valence-corrected chi connectivity index (χ1v) is 9.54. The molecule has 3 nitrogen and oxygen atoms in total. The van der Waals surface area contributed by atoms with Gasteiger partial charge in [0.2, 0.25) is 10.0 Å². The van der Waals surface area contributed by atoms with Gasteiger partial charge in [0, 0.05) is 12.6 Å². The molecule has 1 atom stereocenters. The average molecular weight is 333 g/mol. The molecule has 0 spiro atoms. The minimum Gasteiger partial charge on any atom is -0.207 e. The third-order valence-electron chi connectivity index (χ3n) is 4.63. The molecule has 0 aromatic heterocycles. The minimum atomic E-state index is -3.52. The van der Waals surface area contributed by atoms with Gasteiger partial charge in [0.25, 0.3) is 0 Å². The molecule has 0 unspecified atom stereocenters. The third kappa shape index (κ3) is 3.43. The van der Waals surface area contributed by atoms with Crippen LogP contribution in [0.3, 0.4) is 0 Å². The highest BCUT2D eigenvalue weighted by molar-refractivity contribution is 7.89. The van der Waals surface area contributed by atoms with Crippen molar-refractivity contribution >= 4 is 20.8 Å². The third-order valence-corrected chi connectivity index (χ3v) is 6.81. The van der Waals surface area contributed by atoms with Crippen molar-refractivity contribution in [1.29, 1.82) is 0 Å². The SMILES string of the molecule is CCN([C@@H](C)C(C)(C)C)S(=O)(=O)c1cc2ccccc2cc1C. The van der Waals surface area contributed by atoms with Crippen LogP contribution in [0.25, 0.3) is 10.8 Å². The van der Waals surface area contributed by atoms with Gasteiger partial charge in [0.05, 0.1) is 4.90 Å². The maximum Gasteiger partial charge on any atom is 0.243 e. The lowest BCUT2D eigenvalue weighted by atomic mass is 9.88. The van der Waals surface area contributed by atoms with E-state index in [0.29, 0.717) is 11.4 Å². The molecule has 0 saturated carbocycles. The van der Waals surface area contributed by atoms with Gasteiger partial charge in [-0.2, -0.15) is 4.31 Å². The Morgan fingerprint density at radius 3 is 2.09 bits per heavy atom. The number of hydrogen-bond donors (Lipinski definition) is 0. The lowest BCUT2D eigenvalue weighted by Gasteiger charge is -2.36. The van der Waals surface area contributed by atoms with Crippen molar-refractivity contribution in [2.75, 3.05) is 6.54 Å². The van der Waals surface area contributed by atoms with Gasteiger partial charge in [-0.1, -0.05) is 58.0 Å². The molecule has 0 aliphatic heterocycles. The van der Waals surface area contributed by atoms with E-state index in [1.165, 1.54) is 0 Å². The van der Waals surface area contributed by atoms with E-state index in [0.717, 1.165) is 16.3 Å². The first-order chi connectivity index (χ1) is 10.6. The fraction of sp³-hybridized carbons (Fsp3) is 0.474. The molecule has 2 aromatic carbocycles. The highest BCUT2D eigenvalue weighted by Crippen LogP contribution is 2.31. The highest BCUT2D eigenvalue weighted by atomic mass is 32.2. The molecule has 0 amide bonds. The molecule has 0 N–H and O–H groups in total. The molecule has 2 aromatic rings. The Labute approximate surface area is 140 Å². The molecule has 0 heterocycles. The molecule has 0 bridgehead atoms. The van der Waals surface area contributed by atoms with Gasteiger partial charge in [-0.05, 0) is 41.7 Å². The number of rotatable bonds is 4. The first-order valence-electron chi connectivity index (χ1n) is 8.10. The Balaban J connectivity index is 2.60. The summed E-state index contributed by atoms with van der Waals surface area (Å²) in [6, 6.07) is 11.5. The quantitative estimate of drug-likeness (QED) is 0.820. The molecule has 23 heavy (non-hydrogen) atoms. The van der Waals surface area contributed by atoms with E-state index in [-0.39, 0.29) is 11.5 Å². The summed E-state index contributed by atoms with van der Waals surface area (Å²) in [4.78, 5) is 0.411. The summed E-state index contributed by atoms with van der Waals surface area (Å²) < 4.78 is 28.1. The number of sulfonamides is 1. The van der Waals surface area contributed by atoms with E-state index in [4.69, 9.17) is 0 Å². The molecule has 2 rings (SSSR count). The first kappa shape index (κ1) is 18.0. The summed E-state index contributed by atoms with van der Waals surface area (Å²) in [5.74, 6) is 0. The number of nitrogens with zero attached hydrogens (tertiary/aromatic N) is 1. The second-order valence-electron chi connectivity index (χ2n) is 7.22. The van der Waals surface area contributed by atoms with Crippen molar-refractivity contribution in [3.05, 3.63) is 42.0 Å². The number of fused-ring (bicyclic) bond motifs is 1. The fourth-order valence-electron chi connectivity index (χ4n) is 2.82. The van der Waals surface area contributed by atoms with Crippen LogP contribution in [-0.2, 0) is 10.0 Å². The Hall–Kier alpha value is -1.39. The van der Waals surface area contributed by atoms with E-state index in [9.17, 15) is 8.42 Å². The monoisotopic (exact) mass is 333 g/mol. The predicted molar refractivity (Wildman–Crippen MR) is 97.2 cm³/mol. The standard InChI is InChI=1S/C19H27NO2S/c1-7-20(15(3)19(4,5)6)23(21,22)18-13-17-11-9-8-10-16(17)12-14(18)2/h8-13,15H,7H2,1-6H3/t15-/m0/s1. The Kier molecular flexibility index (Phi) is 4.88. The van der Waals surface area contributed by atoms with Crippen LogP contribution in [0.1, 0.15) is 40.2 Å². The summed E-state index contributed by atoms with van der Waals surface area (Å²) in [7, 11) is -3.52. The topological polar surface area (TPSA) is 37.4 Å². The normalized spacial score (nSPS) is 14.4.